The summed E-state index contributed by atoms with van der Waals surface area (Å²) in [5.41, 5.74) is 2.36. The molecule has 0 aromatic heterocycles. The zero-order valence-corrected chi connectivity index (χ0v) is 8.85. The SMILES string of the molecule is COCC(O)C1OCCc2ccccc21. The van der Waals surface area contributed by atoms with Crippen molar-refractivity contribution in [1.82, 2.24) is 0 Å². The molecule has 0 bridgehead atoms. The zero-order chi connectivity index (χ0) is 10.7. The number of aliphatic hydroxyl groups is 1. The lowest BCUT2D eigenvalue weighted by molar-refractivity contribution is -0.0726. The fraction of sp³-hybridized carbons (Fsp3) is 0.500. The van der Waals surface area contributed by atoms with Crippen LogP contribution >= 0.6 is 0 Å². The highest BCUT2D eigenvalue weighted by Crippen LogP contribution is 2.29. The Balaban J connectivity index is 2.21. The molecule has 2 atom stereocenters. The Bertz CT molecular complexity index is 324. The van der Waals surface area contributed by atoms with Gasteiger partial charge in [-0.3, -0.25) is 0 Å². The number of hydrogen-bond donors (Lipinski definition) is 1. The van der Waals surface area contributed by atoms with Crippen molar-refractivity contribution >= 4 is 0 Å². The number of rotatable bonds is 3. The van der Waals surface area contributed by atoms with Gasteiger partial charge in [-0.05, 0) is 17.5 Å². The Kier molecular flexibility index (Phi) is 3.36. The lowest BCUT2D eigenvalue weighted by Crippen LogP contribution is -2.30. The smallest absolute Gasteiger partial charge is 0.111 e. The molecule has 1 aliphatic rings. The van der Waals surface area contributed by atoms with E-state index in [1.807, 2.05) is 18.2 Å². The Morgan fingerprint density at radius 1 is 1.53 bits per heavy atom. The van der Waals surface area contributed by atoms with E-state index < -0.39 is 6.10 Å². The Morgan fingerprint density at radius 2 is 2.33 bits per heavy atom. The molecule has 0 saturated carbocycles. The Morgan fingerprint density at radius 3 is 3.13 bits per heavy atom. The minimum absolute atomic E-state index is 0.241. The molecule has 2 rings (SSSR count). The van der Waals surface area contributed by atoms with Gasteiger partial charge in [-0.2, -0.15) is 0 Å². The minimum Gasteiger partial charge on any atom is -0.388 e. The molecular formula is C12H16O3. The molecule has 0 fully saturated rings. The number of hydrogen-bond acceptors (Lipinski definition) is 3. The summed E-state index contributed by atoms with van der Waals surface area (Å²) in [5.74, 6) is 0. The van der Waals surface area contributed by atoms with Crippen LogP contribution in [0, 0.1) is 0 Å². The van der Waals surface area contributed by atoms with E-state index in [1.54, 1.807) is 7.11 Å². The first-order valence-corrected chi connectivity index (χ1v) is 5.19. The third-order valence-corrected chi connectivity index (χ3v) is 2.72. The average molecular weight is 208 g/mol. The van der Waals surface area contributed by atoms with E-state index in [2.05, 4.69) is 6.07 Å². The van der Waals surface area contributed by atoms with E-state index >= 15 is 0 Å². The van der Waals surface area contributed by atoms with Gasteiger partial charge in [0.15, 0.2) is 0 Å². The van der Waals surface area contributed by atoms with Crippen LogP contribution in [0.4, 0.5) is 0 Å². The number of fused-ring (bicyclic) bond motifs is 1. The summed E-state index contributed by atoms with van der Waals surface area (Å²) in [6.07, 6.45) is 0.0955. The molecule has 1 heterocycles. The molecular weight excluding hydrogens is 192 g/mol. The van der Waals surface area contributed by atoms with Gasteiger partial charge in [-0.15, -0.1) is 0 Å². The fourth-order valence-electron chi connectivity index (χ4n) is 2.00. The van der Waals surface area contributed by atoms with E-state index in [0.29, 0.717) is 13.2 Å². The molecule has 0 radical (unpaired) electrons. The van der Waals surface area contributed by atoms with Crippen LogP contribution in [0.2, 0.25) is 0 Å². The predicted molar refractivity (Wildman–Crippen MR) is 56.7 cm³/mol. The molecule has 0 saturated heterocycles. The lowest BCUT2D eigenvalue weighted by Gasteiger charge is -2.29. The predicted octanol–water partition coefficient (Wildman–Crippen LogP) is 1.31. The van der Waals surface area contributed by atoms with Crippen molar-refractivity contribution in [1.29, 1.82) is 0 Å². The van der Waals surface area contributed by atoms with Gasteiger partial charge in [-0.25, -0.2) is 0 Å². The van der Waals surface area contributed by atoms with Crippen LogP contribution in [0.5, 0.6) is 0 Å². The van der Waals surface area contributed by atoms with Crippen molar-refractivity contribution in [3.8, 4) is 0 Å². The normalized spacial score (nSPS) is 22.1. The molecule has 1 N–H and O–H groups in total. The molecule has 3 heteroatoms. The zero-order valence-electron chi connectivity index (χ0n) is 8.85. The van der Waals surface area contributed by atoms with E-state index in [-0.39, 0.29) is 6.10 Å². The highest BCUT2D eigenvalue weighted by molar-refractivity contribution is 5.31. The first kappa shape index (κ1) is 10.6. The standard InChI is InChI=1S/C12H16O3/c1-14-8-11(13)12-10-5-3-2-4-9(10)6-7-15-12/h2-5,11-13H,6-8H2,1H3. The summed E-state index contributed by atoms with van der Waals surface area (Å²) in [7, 11) is 1.58. The van der Waals surface area contributed by atoms with Crippen molar-refractivity contribution in [3.63, 3.8) is 0 Å². The van der Waals surface area contributed by atoms with Gasteiger partial charge in [0.1, 0.15) is 12.2 Å². The Hall–Kier alpha value is -0.900. The molecule has 0 amide bonds. The number of benzene rings is 1. The van der Waals surface area contributed by atoms with Gasteiger partial charge >= 0.3 is 0 Å². The largest absolute Gasteiger partial charge is 0.388 e. The summed E-state index contributed by atoms with van der Waals surface area (Å²) in [6, 6.07) is 8.09. The van der Waals surface area contributed by atoms with Crippen molar-refractivity contribution in [2.45, 2.75) is 18.6 Å². The summed E-state index contributed by atoms with van der Waals surface area (Å²) >= 11 is 0. The Labute approximate surface area is 89.6 Å². The van der Waals surface area contributed by atoms with Crippen LogP contribution in [-0.2, 0) is 15.9 Å². The topological polar surface area (TPSA) is 38.7 Å². The van der Waals surface area contributed by atoms with Crippen LogP contribution < -0.4 is 0 Å². The lowest BCUT2D eigenvalue weighted by atomic mass is 9.95. The van der Waals surface area contributed by atoms with Gasteiger partial charge in [0, 0.05) is 7.11 Å². The number of aliphatic hydroxyl groups excluding tert-OH is 1. The summed E-state index contributed by atoms with van der Waals surface area (Å²) in [4.78, 5) is 0. The third kappa shape index (κ3) is 2.20. The maximum atomic E-state index is 9.87. The molecule has 1 aromatic carbocycles. The van der Waals surface area contributed by atoms with Gasteiger partial charge in [0.2, 0.25) is 0 Å². The molecule has 3 nitrogen and oxygen atoms in total. The van der Waals surface area contributed by atoms with E-state index in [9.17, 15) is 5.11 Å². The molecule has 15 heavy (non-hydrogen) atoms. The number of methoxy groups -OCH3 is 1. The van der Waals surface area contributed by atoms with Gasteiger partial charge in [0.25, 0.3) is 0 Å². The van der Waals surface area contributed by atoms with Crippen LogP contribution in [0.15, 0.2) is 24.3 Å². The van der Waals surface area contributed by atoms with Crippen LogP contribution in [-0.4, -0.2) is 31.5 Å². The highest BCUT2D eigenvalue weighted by atomic mass is 16.5. The first-order chi connectivity index (χ1) is 7.33. The second-order valence-corrected chi connectivity index (χ2v) is 3.76. The molecule has 0 spiro atoms. The average Bonchev–Trinajstić information content (AvgIpc) is 2.28. The van der Waals surface area contributed by atoms with E-state index in [1.165, 1.54) is 5.56 Å². The molecule has 2 unspecified atom stereocenters. The van der Waals surface area contributed by atoms with E-state index in [0.717, 1.165) is 12.0 Å². The maximum absolute atomic E-state index is 9.87. The summed E-state index contributed by atoms with van der Waals surface area (Å²) in [5, 5.41) is 9.87. The first-order valence-electron chi connectivity index (χ1n) is 5.19. The number of ether oxygens (including phenoxy) is 2. The van der Waals surface area contributed by atoms with Gasteiger partial charge < -0.3 is 14.6 Å². The van der Waals surface area contributed by atoms with Gasteiger partial charge in [0.05, 0.1) is 13.2 Å². The van der Waals surface area contributed by atoms with Crippen molar-refractivity contribution < 1.29 is 14.6 Å². The van der Waals surface area contributed by atoms with Crippen molar-refractivity contribution in [2.75, 3.05) is 20.3 Å². The van der Waals surface area contributed by atoms with Crippen molar-refractivity contribution in [3.05, 3.63) is 35.4 Å². The third-order valence-electron chi connectivity index (χ3n) is 2.72. The van der Waals surface area contributed by atoms with Gasteiger partial charge in [-0.1, -0.05) is 24.3 Å². The van der Waals surface area contributed by atoms with E-state index in [4.69, 9.17) is 9.47 Å². The minimum atomic E-state index is -0.587. The maximum Gasteiger partial charge on any atom is 0.111 e. The summed E-state index contributed by atoms with van der Waals surface area (Å²) in [6.45, 7) is 0.974. The summed E-state index contributed by atoms with van der Waals surface area (Å²) < 4.78 is 10.5. The second kappa shape index (κ2) is 4.75. The fourth-order valence-corrected chi connectivity index (χ4v) is 2.00. The highest BCUT2D eigenvalue weighted by Gasteiger charge is 2.26. The molecule has 1 aliphatic heterocycles. The monoisotopic (exact) mass is 208 g/mol. The quantitative estimate of drug-likeness (QED) is 0.814. The van der Waals surface area contributed by atoms with Crippen LogP contribution in [0.1, 0.15) is 17.2 Å². The van der Waals surface area contributed by atoms with Crippen molar-refractivity contribution in [2.24, 2.45) is 0 Å². The van der Waals surface area contributed by atoms with Crippen LogP contribution in [0.25, 0.3) is 0 Å². The molecule has 82 valence electrons. The molecule has 1 aromatic rings. The molecule has 0 aliphatic carbocycles. The second-order valence-electron chi connectivity index (χ2n) is 3.76. The van der Waals surface area contributed by atoms with Crippen LogP contribution in [0.3, 0.4) is 0 Å².